The Labute approximate surface area is 171 Å². The second kappa shape index (κ2) is 8.16. The van der Waals surface area contributed by atoms with Crippen molar-refractivity contribution in [3.05, 3.63) is 59.2 Å². The molecule has 0 saturated heterocycles. The molecule has 0 N–H and O–H groups in total. The van der Waals surface area contributed by atoms with Crippen LogP contribution >= 0.6 is 23.1 Å². The molecule has 0 saturated carbocycles. The van der Waals surface area contributed by atoms with Gasteiger partial charge in [0.25, 0.3) is 0 Å². The topological polar surface area (TPSA) is 57.1 Å². The van der Waals surface area contributed by atoms with E-state index in [0.717, 1.165) is 55.3 Å². The minimum Gasteiger partial charge on any atom is -0.497 e. The summed E-state index contributed by atoms with van der Waals surface area (Å²) in [6.07, 6.45) is 0. The van der Waals surface area contributed by atoms with Crippen LogP contribution in [0.1, 0.15) is 11.4 Å². The van der Waals surface area contributed by atoms with Crippen molar-refractivity contribution in [2.75, 3.05) is 14.2 Å². The van der Waals surface area contributed by atoms with Crippen molar-refractivity contribution in [2.45, 2.75) is 17.7 Å². The largest absolute Gasteiger partial charge is 0.497 e. The van der Waals surface area contributed by atoms with Gasteiger partial charge in [-0.15, -0.1) is 11.3 Å². The summed E-state index contributed by atoms with van der Waals surface area (Å²) >= 11 is 3.27. The summed E-state index contributed by atoms with van der Waals surface area (Å²) < 4.78 is 10.8. The van der Waals surface area contributed by atoms with E-state index in [0.29, 0.717) is 0 Å². The number of thiazole rings is 1. The predicted octanol–water partition coefficient (Wildman–Crippen LogP) is 5.37. The van der Waals surface area contributed by atoms with Gasteiger partial charge in [-0.25, -0.2) is 15.0 Å². The zero-order valence-corrected chi connectivity index (χ0v) is 17.4. The molecule has 2 aromatic carbocycles. The second-order valence-electron chi connectivity index (χ2n) is 6.10. The lowest BCUT2D eigenvalue weighted by Gasteiger charge is -2.08. The Morgan fingerprint density at radius 2 is 1.75 bits per heavy atom. The van der Waals surface area contributed by atoms with E-state index in [2.05, 4.69) is 10.4 Å². The minimum atomic E-state index is 0.739. The number of rotatable bonds is 6. The summed E-state index contributed by atoms with van der Waals surface area (Å²) in [6.45, 7) is 2.00. The van der Waals surface area contributed by atoms with Gasteiger partial charge >= 0.3 is 0 Å². The molecule has 4 rings (SSSR count). The lowest BCUT2D eigenvalue weighted by atomic mass is 10.2. The molecule has 28 heavy (non-hydrogen) atoms. The van der Waals surface area contributed by atoms with Crippen molar-refractivity contribution in [1.82, 2.24) is 15.0 Å². The van der Waals surface area contributed by atoms with E-state index in [1.165, 1.54) is 0 Å². The highest BCUT2D eigenvalue weighted by Crippen LogP contribution is 2.36. The summed E-state index contributed by atoms with van der Waals surface area (Å²) in [4.78, 5) is 14.2. The number of aryl methyl sites for hydroxylation is 1. The molecule has 0 unspecified atom stereocenters. The summed E-state index contributed by atoms with van der Waals surface area (Å²) in [6, 6.07) is 13.7. The van der Waals surface area contributed by atoms with E-state index >= 15 is 0 Å². The molecule has 142 valence electrons. The first kappa shape index (κ1) is 18.7. The highest BCUT2D eigenvalue weighted by Gasteiger charge is 2.13. The van der Waals surface area contributed by atoms with E-state index in [-0.39, 0.29) is 0 Å². The summed E-state index contributed by atoms with van der Waals surface area (Å²) in [5, 5.41) is 3.95. The van der Waals surface area contributed by atoms with Crippen LogP contribution in [0.25, 0.3) is 21.6 Å². The molecule has 5 nitrogen and oxygen atoms in total. The number of thioether (sulfide) groups is 1. The van der Waals surface area contributed by atoms with E-state index < -0.39 is 0 Å². The maximum Gasteiger partial charge on any atom is 0.132 e. The zero-order chi connectivity index (χ0) is 19.5. The second-order valence-corrected chi connectivity index (χ2v) is 7.92. The van der Waals surface area contributed by atoms with Crippen molar-refractivity contribution in [3.8, 4) is 22.1 Å². The van der Waals surface area contributed by atoms with Crippen LogP contribution < -0.4 is 9.47 Å². The molecule has 2 heterocycles. The fraction of sp³-hybridized carbons (Fsp3) is 0.190. The Kier molecular flexibility index (Phi) is 5.45. The lowest BCUT2D eigenvalue weighted by molar-refractivity contribution is 0.395. The Morgan fingerprint density at radius 3 is 2.50 bits per heavy atom. The van der Waals surface area contributed by atoms with Gasteiger partial charge in [-0.2, -0.15) is 0 Å². The highest BCUT2D eigenvalue weighted by molar-refractivity contribution is 7.98. The maximum atomic E-state index is 5.50. The average molecular weight is 410 g/mol. The van der Waals surface area contributed by atoms with Gasteiger partial charge in [-0.1, -0.05) is 23.9 Å². The SMILES string of the molecule is COc1ccc(-c2nc(CSc3nc4ccccc4nc3C)cs2)c(OC)c1. The number of nitrogens with zero attached hydrogens (tertiary/aromatic N) is 3. The molecule has 0 aliphatic heterocycles. The predicted molar refractivity (Wildman–Crippen MR) is 114 cm³/mol. The fourth-order valence-electron chi connectivity index (χ4n) is 2.82. The van der Waals surface area contributed by atoms with E-state index in [9.17, 15) is 0 Å². The maximum absolute atomic E-state index is 5.50. The van der Waals surface area contributed by atoms with Crippen LogP contribution in [-0.2, 0) is 5.75 Å². The summed E-state index contributed by atoms with van der Waals surface area (Å²) in [7, 11) is 3.30. The van der Waals surface area contributed by atoms with Crippen molar-refractivity contribution in [3.63, 3.8) is 0 Å². The number of aromatic nitrogens is 3. The molecule has 0 fully saturated rings. The van der Waals surface area contributed by atoms with Gasteiger partial charge in [-0.05, 0) is 31.2 Å². The number of para-hydroxylation sites is 2. The number of benzene rings is 2. The summed E-state index contributed by atoms with van der Waals surface area (Å²) in [5.41, 5.74) is 4.75. The number of methoxy groups -OCH3 is 2. The third-order valence-corrected chi connectivity index (χ3v) is 6.27. The molecule has 0 atom stereocenters. The van der Waals surface area contributed by atoms with Crippen molar-refractivity contribution in [1.29, 1.82) is 0 Å². The Hall–Kier alpha value is -2.64. The molecule has 0 amide bonds. The van der Waals surface area contributed by atoms with Gasteiger partial charge < -0.3 is 9.47 Å². The van der Waals surface area contributed by atoms with Gasteiger partial charge in [0.05, 0.1) is 42.2 Å². The van der Waals surface area contributed by atoms with Gasteiger partial charge in [-0.3, -0.25) is 0 Å². The van der Waals surface area contributed by atoms with Crippen LogP contribution in [0.4, 0.5) is 0 Å². The minimum absolute atomic E-state index is 0.739. The Balaban J connectivity index is 1.54. The number of fused-ring (bicyclic) bond motifs is 1. The smallest absolute Gasteiger partial charge is 0.132 e. The van der Waals surface area contributed by atoms with E-state index in [4.69, 9.17) is 19.4 Å². The van der Waals surface area contributed by atoms with Crippen molar-refractivity contribution < 1.29 is 9.47 Å². The molecular weight excluding hydrogens is 390 g/mol. The molecule has 0 aliphatic carbocycles. The third kappa shape index (κ3) is 3.81. The average Bonchev–Trinajstić information content (AvgIpc) is 3.20. The third-order valence-electron chi connectivity index (χ3n) is 4.25. The van der Waals surface area contributed by atoms with Crippen LogP contribution in [0.5, 0.6) is 11.5 Å². The first-order valence-corrected chi connectivity index (χ1v) is 10.6. The normalized spacial score (nSPS) is 11.0. The lowest BCUT2D eigenvalue weighted by Crippen LogP contribution is -1.93. The fourth-order valence-corrected chi connectivity index (χ4v) is 4.63. The van der Waals surface area contributed by atoms with Gasteiger partial charge in [0.2, 0.25) is 0 Å². The van der Waals surface area contributed by atoms with Gasteiger partial charge in [0.1, 0.15) is 21.5 Å². The molecule has 7 heteroatoms. The van der Waals surface area contributed by atoms with Gasteiger partial charge in [0, 0.05) is 17.2 Å². The quantitative estimate of drug-likeness (QED) is 0.399. The van der Waals surface area contributed by atoms with Crippen LogP contribution in [0.15, 0.2) is 52.9 Å². The number of hydrogen-bond donors (Lipinski definition) is 0. The van der Waals surface area contributed by atoms with Crippen LogP contribution in [0, 0.1) is 6.92 Å². The zero-order valence-electron chi connectivity index (χ0n) is 15.8. The van der Waals surface area contributed by atoms with Crippen LogP contribution in [-0.4, -0.2) is 29.2 Å². The monoisotopic (exact) mass is 409 g/mol. The first-order valence-electron chi connectivity index (χ1n) is 8.71. The van der Waals surface area contributed by atoms with Crippen molar-refractivity contribution >= 4 is 34.1 Å². The number of ether oxygens (including phenoxy) is 2. The number of hydrogen-bond acceptors (Lipinski definition) is 7. The standard InChI is InChI=1S/C21H19N3O2S2/c1-13-20(24-18-7-5-4-6-17(18)22-13)27-11-14-12-28-21(23-14)16-9-8-15(25-2)10-19(16)26-3/h4-10,12H,11H2,1-3H3. The Morgan fingerprint density at radius 1 is 0.964 bits per heavy atom. The molecule has 0 aliphatic rings. The Bertz CT molecular complexity index is 1130. The molecule has 0 radical (unpaired) electrons. The van der Waals surface area contributed by atoms with E-state index in [1.807, 2.05) is 49.4 Å². The molecular formula is C21H19N3O2S2. The molecule has 4 aromatic rings. The molecule has 0 spiro atoms. The first-order chi connectivity index (χ1) is 13.7. The summed E-state index contributed by atoms with van der Waals surface area (Å²) in [5.74, 6) is 2.26. The van der Waals surface area contributed by atoms with Crippen LogP contribution in [0.3, 0.4) is 0 Å². The molecule has 0 bridgehead atoms. The van der Waals surface area contributed by atoms with Crippen LogP contribution in [0.2, 0.25) is 0 Å². The molecule has 2 aromatic heterocycles. The van der Waals surface area contributed by atoms with Gasteiger partial charge in [0.15, 0.2) is 0 Å². The highest BCUT2D eigenvalue weighted by atomic mass is 32.2. The van der Waals surface area contributed by atoms with Crippen molar-refractivity contribution in [2.24, 2.45) is 0 Å². The van der Waals surface area contributed by atoms with E-state index in [1.54, 1.807) is 37.3 Å².